The molecule has 0 saturated carbocycles. The van der Waals surface area contributed by atoms with Crippen LogP contribution in [-0.2, 0) is 30.7 Å². The van der Waals surface area contributed by atoms with E-state index in [0.29, 0.717) is 31.7 Å². The number of hydrogen-bond donors (Lipinski definition) is 0. The smallest absolute Gasteiger partial charge is 0.106 e. The van der Waals surface area contributed by atoms with Gasteiger partial charge in [-0.05, 0) is 151 Å². The Kier molecular flexibility index (Phi) is 96.4. The van der Waals surface area contributed by atoms with Crippen LogP contribution in [0.4, 0.5) is 0 Å². The Bertz CT molecular complexity index is 431. The molecule has 0 amide bonds. The third kappa shape index (κ3) is 72.5. The molecular weight excluding hydrogens is 940 g/mol. The van der Waals surface area contributed by atoms with Crippen LogP contribution in [0, 0.1) is 0 Å². The van der Waals surface area contributed by atoms with E-state index < -0.39 is 0 Å². The second-order valence-electron chi connectivity index (χ2n) is 15.6. The van der Waals surface area contributed by atoms with Crippen LogP contribution in [0.1, 0.15) is 237 Å². The van der Waals surface area contributed by atoms with E-state index in [1.165, 1.54) is 154 Å². The van der Waals surface area contributed by atoms with Gasteiger partial charge in [0.05, 0.1) is 0 Å². The minimum atomic E-state index is 0. The Morgan fingerprint density at radius 1 is 0.211 bits per heavy atom. The van der Waals surface area contributed by atoms with Crippen LogP contribution in [-0.4, -0.2) is 87.5 Å². The van der Waals surface area contributed by atoms with Crippen LogP contribution in [0.3, 0.4) is 0 Å². The Labute approximate surface area is 384 Å². The summed E-state index contributed by atoms with van der Waals surface area (Å²) in [4.78, 5) is 16.0. The molecule has 0 heterocycles. The summed E-state index contributed by atoms with van der Waals surface area (Å²) in [5.74, 6) is 0. The van der Waals surface area contributed by atoms with E-state index in [2.05, 4.69) is 83.1 Å². The molecule has 350 valence electrons. The molecule has 0 radical (unpaired) electrons. The van der Waals surface area contributed by atoms with Crippen LogP contribution in [0.15, 0.2) is 0 Å². The number of carbonyl (C=O) groups is 2. The van der Waals surface area contributed by atoms with Crippen molar-refractivity contribution in [2.24, 2.45) is 0 Å². The minimum Gasteiger partial charge on any atom is -0.307 e. The maximum absolute atomic E-state index is 8.00. The molecule has 0 aliphatic heterocycles. The summed E-state index contributed by atoms with van der Waals surface area (Å²) < 4.78 is 0. The molecule has 0 spiro atoms. The maximum atomic E-state index is 8.00. The summed E-state index contributed by atoms with van der Waals surface area (Å²) in [6.07, 6.45) is 52.9. The van der Waals surface area contributed by atoms with Gasteiger partial charge in [-0.3, -0.25) is 0 Å². The fraction of sp³-hybridized carbons (Fsp3) is 0.960. The molecule has 0 atom stereocenters. The molecule has 0 N–H and O–H groups in total. The van der Waals surface area contributed by atoms with Crippen molar-refractivity contribution in [2.75, 3.05) is 73.9 Å². The first-order chi connectivity index (χ1) is 27.4. The molecule has 0 rings (SSSR count). The largest absolute Gasteiger partial charge is 0.307 e. The van der Waals surface area contributed by atoms with Gasteiger partial charge in [0, 0.05) is 21.1 Å². The third-order valence-corrected chi connectivity index (χ3v) is 21.3. The van der Waals surface area contributed by atoms with E-state index in [4.69, 9.17) is 9.59 Å². The van der Waals surface area contributed by atoms with E-state index in [-0.39, 0.29) is 21.1 Å². The van der Waals surface area contributed by atoms with Crippen LogP contribution in [0.25, 0.3) is 0 Å². The summed E-state index contributed by atoms with van der Waals surface area (Å²) in [6, 6.07) is 0. The standard InChI is InChI=1S/4C12H27P.2CH2O.W/c4*1-4-7-10-13(11-8-5-2)12-9-6-3;2*1-2;/h4*4-12H2,1-3H3;2*1H2;. The first kappa shape index (κ1) is 73.2. The molecule has 7 heteroatoms. The van der Waals surface area contributed by atoms with E-state index in [1.54, 1.807) is 73.9 Å². The molecule has 0 aliphatic rings. The zero-order valence-electron chi connectivity index (χ0n) is 41.9. The quantitative estimate of drug-likeness (QED) is 0.0586. The number of hydrogen-bond acceptors (Lipinski definition) is 2. The van der Waals surface area contributed by atoms with Crippen molar-refractivity contribution < 1.29 is 30.7 Å². The van der Waals surface area contributed by atoms with Crippen molar-refractivity contribution in [3.63, 3.8) is 0 Å². The summed E-state index contributed by atoms with van der Waals surface area (Å²) in [7, 11) is 1.69. The summed E-state index contributed by atoms with van der Waals surface area (Å²) in [6.45, 7) is 31.8. The molecule has 2 nitrogen and oxygen atoms in total. The monoisotopic (exact) mass is 1050 g/mol. The second-order valence-corrected chi connectivity index (χ2v) is 26.3. The Balaban J connectivity index is -0.000000113. The average molecular weight is 1050 g/mol. The molecule has 0 unspecified atom stereocenters. The summed E-state index contributed by atoms with van der Waals surface area (Å²) >= 11 is 0. The van der Waals surface area contributed by atoms with Gasteiger partial charge < -0.3 is 9.59 Å². The van der Waals surface area contributed by atoms with E-state index in [9.17, 15) is 0 Å². The van der Waals surface area contributed by atoms with Gasteiger partial charge in [0.15, 0.2) is 0 Å². The van der Waals surface area contributed by atoms with Gasteiger partial charge in [-0.25, -0.2) is 0 Å². The van der Waals surface area contributed by atoms with Crippen molar-refractivity contribution >= 4 is 45.3 Å². The predicted octanol–water partition coefficient (Wildman–Crippen LogP) is 19.1. The van der Waals surface area contributed by atoms with Crippen LogP contribution >= 0.6 is 31.7 Å². The van der Waals surface area contributed by atoms with Gasteiger partial charge in [0.1, 0.15) is 13.6 Å². The molecule has 0 aliphatic carbocycles. The normalized spacial score (nSPS) is 10.2. The molecule has 0 fully saturated rings. The molecule has 0 aromatic rings. The molecular formula is C50H112O2P4W. The van der Waals surface area contributed by atoms with E-state index >= 15 is 0 Å². The van der Waals surface area contributed by atoms with Crippen molar-refractivity contribution in [1.29, 1.82) is 0 Å². The zero-order chi connectivity index (χ0) is 43.8. The Morgan fingerprint density at radius 2 is 0.281 bits per heavy atom. The first-order valence-corrected chi connectivity index (χ1v) is 32.4. The SMILES string of the molecule is C=O.C=O.CCCCP(CCCC)CCCC.CCCCP(CCCC)CCCC.CCCCP(CCCC)CCCC.CCCCP(CCCC)CCCC.[W]. The van der Waals surface area contributed by atoms with Crippen LogP contribution in [0.5, 0.6) is 0 Å². The number of carbonyl (C=O) groups excluding carboxylic acids is 2. The predicted molar refractivity (Wildman–Crippen MR) is 279 cm³/mol. The van der Waals surface area contributed by atoms with Crippen molar-refractivity contribution in [1.82, 2.24) is 0 Å². The molecule has 0 aromatic heterocycles. The Hall–Kier alpha value is 1.75. The van der Waals surface area contributed by atoms with Gasteiger partial charge >= 0.3 is 0 Å². The fourth-order valence-corrected chi connectivity index (χ4v) is 17.8. The van der Waals surface area contributed by atoms with E-state index in [0.717, 1.165) is 0 Å². The first-order valence-electron chi connectivity index (χ1n) is 24.9. The topological polar surface area (TPSA) is 34.1 Å². The number of rotatable bonds is 36. The molecule has 0 aromatic carbocycles. The average Bonchev–Trinajstić information content (AvgIpc) is 3.24. The third-order valence-electron chi connectivity index (χ3n) is 9.93. The van der Waals surface area contributed by atoms with E-state index in [1.807, 2.05) is 13.6 Å². The van der Waals surface area contributed by atoms with Crippen molar-refractivity contribution in [3.8, 4) is 0 Å². The van der Waals surface area contributed by atoms with Crippen molar-refractivity contribution in [3.05, 3.63) is 0 Å². The van der Waals surface area contributed by atoms with Gasteiger partial charge in [0.25, 0.3) is 0 Å². The van der Waals surface area contributed by atoms with Crippen molar-refractivity contribution in [2.45, 2.75) is 237 Å². The summed E-state index contributed by atoms with van der Waals surface area (Å²) in [5, 5.41) is 0. The van der Waals surface area contributed by atoms with Gasteiger partial charge in [0.2, 0.25) is 0 Å². The molecule has 0 saturated heterocycles. The zero-order valence-corrected chi connectivity index (χ0v) is 48.4. The van der Waals surface area contributed by atoms with Gasteiger partial charge in [-0.1, -0.05) is 160 Å². The maximum Gasteiger partial charge on any atom is 0.106 e. The van der Waals surface area contributed by atoms with Gasteiger partial charge in [-0.15, -0.1) is 31.7 Å². The molecule has 0 bridgehead atoms. The van der Waals surface area contributed by atoms with Crippen LogP contribution in [0.2, 0.25) is 0 Å². The fourth-order valence-electron chi connectivity index (χ4n) is 5.92. The number of unbranched alkanes of at least 4 members (excludes halogenated alkanes) is 12. The molecule has 57 heavy (non-hydrogen) atoms. The minimum absolute atomic E-state index is 0. The van der Waals surface area contributed by atoms with Crippen LogP contribution < -0.4 is 0 Å². The summed E-state index contributed by atoms with van der Waals surface area (Å²) in [5.41, 5.74) is 0. The second kappa shape index (κ2) is 75.1. The van der Waals surface area contributed by atoms with Gasteiger partial charge in [-0.2, -0.15) is 0 Å². The Morgan fingerprint density at radius 3 is 0.333 bits per heavy atom.